The van der Waals surface area contributed by atoms with Crippen molar-refractivity contribution in [3.8, 4) is 22.9 Å². The molecule has 0 amide bonds. The van der Waals surface area contributed by atoms with E-state index in [1.165, 1.54) is 13.2 Å². The molecule has 1 aliphatic carbocycles. The van der Waals surface area contributed by atoms with Gasteiger partial charge < -0.3 is 19.1 Å². The molecule has 0 fully saturated rings. The third-order valence-electron chi connectivity index (χ3n) is 4.88. The van der Waals surface area contributed by atoms with Gasteiger partial charge in [-0.25, -0.2) is 0 Å². The summed E-state index contributed by atoms with van der Waals surface area (Å²) in [5.41, 5.74) is -1.25. The number of aromatic nitrogens is 2. The summed E-state index contributed by atoms with van der Waals surface area (Å²) in [6, 6.07) is 1.52. The highest BCUT2D eigenvalue weighted by Crippen LogP contribution is 2.53. The standard InChI is InChI=1S/C18H15ClN2O6/c1-7-4-9(22)5-12(23)18(7)16(24)13-11(25-3)6-10(14(19)15(13)26-18)17-20-8(2)27-21-17/h5-7,23H,4H2,1-3H3/t7-,18+/m1/s1. The van der Waals surface area contributed by atoms with E-state index in [-0.39, 0.29) is 40.1 Å². The van der Waals surface area contributed by atoms with Crippen LogP contribution in [0.2, 0.25) is 5.02 Å². The minimum atomic E-state index is -1.71. The topological polar surface area (TPSA) is 112 Å². The second-order valence-electron chi connectivity index (χ2n) is 6.55. The number of aryl methyl sites for hydroxylation is 1. The number of fused-ring (bicyclic) bond motifs is 1. The van der Waals surface area contributed by atoms with E-state index < -0.39 is 23.1 Å². The van der Waals surface area contributed by atoms with E-state index in [1.807, 2.05) is 0 Å². The summed E-state index contributed by atoms with van der Waals surface area (Å²) >= 11 is 6.50. The zero-order chi connectivity index (χ0) is 19.5. The zero-order valence-corrected chi connectivity index (χ0v) is 15.5. The lowest BCUT2D eigenvalue weighted by Crippen LogP contribution is -2.51. The van der Waals surface area contributed by atoms with E-state index >= 15 is 0 Å². The number of benzene rings is 1. The Bertz CT molecular complexity index is 1030. The molecule has 140 valence electrons. The number of hydrogen-bond acceptors (Lipinski definition) is 8. The number of rotatable bonds is 2. The van der Waals surface area contributed by atoms with Gasteiger partial charge in [0.25, 0.3) is 0 Å². The van der Waals surface area contributed by atoms with Gasteiger partial charge in [-0.15, -0.1) is 0 Å². The van der Waals surface area contributed by atoms with E-state index in [0.717, 1.165) is 6.08 Å². The van der Waals surface area contributed by atoms with Crippen molar-refractivity contribution in [2.24, 2.45) is 5.92 Å². The number of nitrogens with zero attached hydrogens (tertiary/aromatic N) is 2. The van der Waals surface area contributed by atoms with Crippen molar-refractivity contribution in [3.63, 3.8) is 0 Å². The molecule has 1 N–H and O–H groups in total. The highest BCUT2D eigenvalue weighted by molar-refractivity contribution is 6.36. The molecule has 1 spiro atoms. The number of methoxy groups -OCH3 is 1. The van der Waals surface area contributed by atoms with Crippen LogP contribution in [-0.4, -0.2) is 39.5 Å². The van der Waals surface area contributed by atoms with Gasteiger partial charge in [-0.2, -0.15) is 4.98 Å². The highest BCUT2D eigenvalue weighted by atomic mass is 35.5. The SMILES string of the molecule is COc1cc(-c2noc(C)n2)c(Cl)c2c1C(=O)[C@@]1(O2)C(O)=CC(=O)C[C@H]1C. The fourth-order valence-corrected chi connectivity index (χ4v) is 3.83. The maximum Gasteiger partial charge on any atom is 0.230 e. The van der Waals surface area contributed by atoms with E-state index in [1.54, 1.807) is 13.8 Å². The molecule has 0 unspecified atom stereocenters. The predicted molar refractivity (Wildman–Crippen MR) is 93.2 cm³/mol. The fourth-order valence-electron chi connectivity index (χ4n) is 3.56. The van der Waals surface area contributed by atoms with Crippen LogP contribution in [0, 0.1) is 12.8 Å². The number of ether oxygens (including phenoxy) is 2. The Kier molecular flexibility index (Phi) is 3.78. The lowest BCUT2D eigenvalue weighted by molar-refractivity contribution is -0.118. The number of Topliss-reactive ketones (excluding diaryl/α,β-unsaturated/α-hetero) is 1. The summed E-state index contributed by atoms with van der Waals surface area (Å²) in [5, 5.41) is 14.4. The molecule has 2 atom stereocenters. The van der Waals surface area contributed by atoms with E-state index in [2.05, 4.69) is 10.1 Å². The van der Waals surface area contributed by atoms with Gasteiger partial charge in [0.2, 0.25) is 23.1 Å². The Labute approximate surface area is 158 Å². The lowest BCUT2D eigenvalue weighted by atomic mass is 9.75. The molecule has 4 rings (SSSR count). The molecule has 0 saturated heterocycles. The number of aliphatic hydroxyl groups is 1. The average molecular weight is 391 g/mol. The van der Waals surface area contributed by atoms with Gasteiger partial charge in [0.15, 0.2) is 11.5 Å². The third kappa shape index (κ3) is 2.29. The molecule has 0 saturated carbocycles. The molecule has 1 aliphatic heterocycles. The molecule has 8 nitrogen and oxygen atoms in total. The second-order valence-corrected chi connectivity index (χ2v) is 6.93. The van der Waals surface area contributed by atoms with Crippen molar-refractivity contribution in [3.05, 3.63) is 34.4 Å². The third-order valence-corrected chi connectivity index (χ3v) is 5.26. The predicted octanol–water partition coefficient (Wildman–Crippen LogP) is 3.07. The molecule has 0 radical (unpaired) electrons. The van der Waals surface area contributed by atoms with Crippen molar-refractivity contribution in [1.29, 1.82) is 0 Å². The lowest BCUT2D eigenvalue weighted by Gasteiger charge is -2.34. The molecule has 1 aromatic carbocycles. The minimum absolute atomic E-state index is 0.0552. The number of carbonyl (C=O) groups excluding carboxylic acids is 2. The summed E-state index contributed by atoms with van der Waals surface area (Å²) in [5.74, 6) is -1.02. The molecular weight excluding hydrogens is 376 g/mol. The average Bonchev–Trinajstić information content (AvgIpc) is 3.17. The van der Waals surface area contributed by atoms with Gasteiger partial charge in [-0.05, 0) is 6.07 Å². The quantitative estimate of drug-likeness (QED) is 0.832. The van der Waals surface area contributed by atoms with Gasteiger partial charge in [0.1, 0.15) is 17.1 Å². The Morgan fingerprint density at radius 2 is 2.15 bits per heavy atom. The Hall–Kier alpha value is -2.87. The summed E-state index contributed by atoms with van der Waals surface area (Å²) in [6.07, 6.45) is 1.08. The molecule has 1 aromatic heterocycles. The molecule has 2 heterocycles. The maximum atomic E-state index is 13.3. The van der Waals surface area contributed by atoms with Crippen LogP contribution in [0.1, 0.15) is 29.6 Å². The number of carbonyl (C=O) groups is 2. The first kappa shape index (κ1) is 17.5. The molecule has 9 heteroatoms. The first-order valence-corrected chi connectivity index (χ1v) is 8.56. The van der Waals surface area contributed by atoms with Crippen molar-refractivity contribution < 1.29 is 28.7 Å². The van der Waals surface area contributed by atoms with Gasteiger partial charge in [-0.3, -0.25) is 9.59 Å². The highest BCUT2D eigenvalue weighted by Gasteiger charge is 2.59. The number of halogens is 1. The summed E-state index contributed by atoms with van der Waals surface area (Å²) in [4.78, 5) is 29.2. The number of hydrogen-bond donors (Lipinski definition) is 1. The Morgan fingerprint density at radius 1 is 1.41 bits per heavy atom. The van der Waals surface area contributed by atoms with Crippen LogP contribution in [0.25, 0.3) is 11.4 Å². The second kappa shape index (κ2) is 5.82. The van der Waals surface area contributed by atoms with Crippen molar-refractivity contribution >= 4 is 23.2 Å². The van der Waals surface area contributed by atoms with E-state index in [0.29, 0.717) is 11.5 Å². The van der Waals surface area contributed by atoms with Gasteiger partial charge in [0, 0.05) is 30.9 Å². The van der Waals surface area contributed by atoms with Gasteiger partial charge in [0.05, 0.1) is 12.1 Å². The number of ketones is 2. The normalized spacial score (nSPS) is 24.0. The number of allylic oxidation sites excluding steroid dienone is 1. The van der Waals surface area contributed by atoms with Crippen LogP contribution in [0.4, 0.5) is 0 Å². The summed E-state index contributed by atoms with van der Waals surface area (Å²) in [7, 11) is 1.40. The molecule has 2 aromatic rings. The molecule has 2 aliphatic rings. The first-order chi connectivity index (χ1) is 12.8. The van der Waals surface area contributed by atoms with Crippen LogP contribution in [0.5, 0.6) is 11.5 Å². The molecule has 27 heavy (non-hydrogen) atoms. The first-order valence-electron chi connectivity index (χ1n) is 8.18. The van der Waals surface area contributed by atoms with Crippen molar-refractivity contribution in [2.75, 3.05) is 7.11 Å². The summed E-state index contributed by atoms with van der Waals surface area (Å²) < 4.78 is 16.3. The molecule has 0 bridgehead atoms. The van der Waals surface area contributed by atoms with Crippen LogP contribution in [0.3, 0.4) is 0 Å². The van der Waals surface area contributed by atoms with Crippen LogP contribution < -0.4 is 9.47 Å². The Morgan fingerprint density at radius 3 is 2.74 bits per heavy atom. The van der Waals surface area contributed by atoms with Crippen LogP contribution in [-0.2, 0) is 4.79 Å². The minimum Gasteiger partial charge on any atom is -0.507 e. The monoisotopic (exact) mass is 390 g/mol. The number of aliphatic hydroxyl groups excluding tert-OH is 1. The van der Waals surface area contributed by atoms with Crippen LogP contribution >= 0.6 is 11.6 Å². The van der Waals surface area contributed by atoms with Crippen LogP contribution in [0.15, 0.2) is 22.4 Å². The zero-order valence-electron chi connectivity index (χ0n) is 14.7. The smallest absolute Gasteiger partial charge is 0.230 e. The fraction of sp³-hybridized carbons (Fsp3) is 0.333. The van der Waals surface area contributed by atoms with E-state index in [4.69, 9.17) is 25.6 Å². The maximum absolute atomic E-state index is 13.3. The van der Waals surface area contributed by atoms with Gasteiger partial charge in [-0.1, -0.05) is 23.7 Å². The van der Waals surface area contributed by atoms with E-state index in [9.17, 15) is 14.7 Å². The van der Waals surface area contributed by atoms with Crippen molar-refractivity contribution in [1.82, 2.24) is 10.1 Å². The summed E-state index contributed by atoms with van der Waals surface area (Å²) in [6.45, 7) is 3.29. The van der Waals surface area contributed by atoms with Gasteiger partial charge >= 0.3 is 0 Å². The van der Waals surface area contributed by atoms with Crippen molar-refractivity contribution in [2.45, 2.75) is 25.9 Å². The molecular formula is C18H15ClN2O6. The largest absolute Gasteiger partial charge is 0.507 e. The Balaban J connectivity index is 1.95.